The highest BCUT2D eigenvalue weighted by atomic mass is 79.9. The van der Waals surface area contributed by atoms with Crippen LogP contribution in [-0.2, 0) is 16.0 Å². The largest absolute Gasteiger partial charge is 0.469 e. The maximum absolute atomic E-state index is 13.6. The number of methoxy groups -OCH3 is 1. The summed E-state index contributed by atoms with van der Waals surface area (Å²) in [6.07, 6.45) is 0.422. The molecule has 4 nitrogen and oxygen atoms in total. The molecule has 2 aromatic rings. The summed E-state index contributed by atoms with van der Waals surface area (Å²) in [6, 6.07) is 11.7. The standard InChI is InChI=1S/C22H17BrClFN2O2/c1-12-19(22(28)29-3)20(16-9-8-15(25)11-17(16)24)21(26-2)18(27-12)10-13-4-6-14(23)7-5-13/h4-9,11,19-20H,10H2,1,3H3. The van der Waals surface area contributed by atoms with E-state index in [-0.39, 0.29) is 5.02 Å². The molecule has 0 fully saturated rings. The van der Waals surface area contributed by atoms with Crippen molar-refractivity contribution >= 4 is 39.2 Å². The number of esters is 1. The molecule has 0 bridgehead atoms. The first-order valence-corrected chi connectivity index (χ1v) is 9.95. The molecule has 0 saturated heterocycles. The van der Waals surface area contributed by atoms with Crippen molar-refractivity contribution in [2.24, 2.45) is 10.9 Å². The Morgan fingerprint density at radius 2 is 2.00 bits per heavy atom. The number of aliphatic imine (C=N–C) groups is 1. The average Bonchev–Trinajstić information content (AvgIpc) is 2.69. The number of ether oxygens (including phenoxy) is 1. The minimum atomic E-state index is -0.805. The third kappa shape index (κ3) is 4.42. The first kappa shape index (κ1) is 21.2. The Labute approximate surface area is 182 Å². The summed E-state index contributed by atoms with van der Waals surface area (Å²) in [7, 11) is 1.29. The monoisotopic (exact) mass is 474 g/mol. The fourth-order valence-corrected chi connectivity index (χ4v) is 4.04. The summed E-state index contributed by atoms with van der Waals surface area (Å²) in [5, 5.41) is 0.155. The van der Waals surface area contributed by atoms with Gasteiger partial charge in [-0.25, -0.2) is 9.24 Å². The van der Waals surface area contributed by atoms with Crippen molar-refractivity contribution in [1.82, 2.24) is 0 Å². The van der Waals surface area contributed by atoms with Crippen molar-refractivity contribution in [3.8, 4) is 0 Å². The van der Waals surface area contributed by atoms with Crippen LogP contribution in [0.5, 0.6) is 0 Å². The Kier molecular flexibility index (Phi) is 6.51. The number of carbonyl (C=O) groups excluding carboxylic acids is 1. The van der Waals surface area contributed by atoms with Gasteiger partial charge < -0.3 is 4.74 Å². The second-order valence-corrected chi connectivity index (χ2v) is 7.97. The quantitative estimate of drug-likeness (QED) is 0.404. The highest BCUT2D eigenvalue weighted by Gasteiger charge is 2.41. The van der Waals surface area contributed by atoms with Gasteiger partial charge in [-0.2, -0.15) is 0 Å². The molecule has 0 saturated carbocycles. The van der Waals surface area contributed by atoms with E-state index in [0.717, 1.165) is 10.0 Å². The van der Waals surface area contributed by atoms with Crippen LogP contribution >= 0.6 is 27.5 Å². The summed E-state index contributed by atoms with van der Waals surface area (Å²) in [5.41, 5.74) is 2.87. The third-order valence-corrected chi connectivity index (χ3v) is 5.70. The molecule has 0 spiro atoms. The second kappa shape index (κ2) is 8.89. The molecule has 0 radical (unpaired) electrons. The molecule has 7 heteroatoms. The van der Waals surface area contributed by atoms with Crippen LogP contribution in [0.15, 0.2) is 63.3 Å². The van der Waals surface area contributed by atoms with Gasteiger partial charge in [-0.15, -0.1) is 0 Å². The van der Waals surface area contributed by atoms with E-state index < -0.39 is 23.6 Å². The van der Waals surface area contributed by atoms with Gasteiger partial charge in [-0.05, 0) is 42.3 Å². The van der Waals surface area contributed by atoms with Gasteiger partial charge in [0.2, 0.25) is 0 Å². The maximum Gasteiger partial charge on any atom is 0.314 e. The molecule has 29 heavy (non-hydrogen) atoms. The summed E-state index contributed by atoms with van der Waals surface area (Å²) in [4.78, 5) is 20.8. The zero-order chi connectivity index (χ0) is 21.1. The summed E-state index contributed by atoms with van der Waals surface area (Å²) < 4.78 is 19.5. The fraction of sp³-hybridized carbons (Fsp3) is 0.227. The SMILES string of the molecule is [C-]#[N+]C1=C(Cc2ccc(Br)cc2)N=C(C)C(C(=O)OC)C1c1ccc(F)cc1Cl. The van der Waals surface area contributed by atoms with Gasteiger partial charge in [0, 0.05) is 33.2 Å². The zero-order valence-corrected chi connectivity index (χ0v) is 18.1. The van der Waals surface area contributed by atoms with E-state index in [0.29, 0.717) is 29.1 Å². The lowest BCUT2D eigenvalue weighted by atomic mass is 9.78. The molecule has 2 unspecified atom stereocenters. The van der Waals surface area contributed by atoms with Gasteiger partial charge in [0.1, 0.15) is 5.82 Å². The lowest BCUT2D eigenvalue weighted by molar-refractivity contribution is -0.143. The van der Waals surface area contributed by atoms with E-state index in [1.165, 1.54) is 25.3 Å². The fourth-order valence-electron chi connectivity index (χ4n) is 3.49. The molecule has 0 aliphatic carbocycles. The molecule has 0 N–H and O–H groups in total. The summed E-state index contributed by atoms with van der Waals surface area (Å²) >= 11 is 9.72. The normalized spacial score (nSPS) is 18.8. The number of hydrogen-bond acceptors (Lipinski definition) is 3. The maximum atomic E-state index is 13.6. The lowest BCUT2D eigenvalue weighted by Crippen LogP contribution is -2.33. The molecule has 1 heterocycles. The molecule has 148 valence electrons. The van der Waals surface area contributed by atoms with Crippen LogP contribution in [-0.4, -0.2) is 18.8 Å². The second-order valence-electron chi connectivity index (χ2n) is 6.64. The Morgan fingerprint density at radius 1 is 1.31 bits per heavy atom. The van der Waals surface area contributed by atoms with E-state index >= 15 is 0 Å². The predicted molar refractivity (Wildman–Crippen MR) is 114 cm³/mol. The van der Waals surface area contributed by atoms with Gasteiger partial charge in [-0.3, -0.25) is 9.79 Å². The molecule has 2 atom stereocenters. The average molecular weight is 476 g/mol. The highest BCUT2D eigenvalue weighted by molar-refractivity contribution is 9.10. The molecular formula is C22H17BrClFN2O2. The number of rotatable bonds is 4. The highest BCUT2D eigenvalue weighted by Crippen LogP contribution is 2.43. The molecule has 0 amide bonds. The summed E-state index contributed by atoms with van der Waals surface area (Å²) in [6.45, 7) is 9.53. The lowest BCUT2D eigenvalue weighted by Gasteiger charge is -2.30. The van der Waals surface area contributed by atoms with Crippen molar-refractivity contribution in [3.63, 3.8) is 0 Å². The number of nitrogens with zero attached hydrogens (tertiary/aromatic N) is 2. The van der Waals surface area contributed by atoms with Crippen molar-refractivity contribution < 1.29 is 13.9 Å². The molecular weight excluding hydrogens is 459 g/mol. The van der Waals surface area contributed by atoms with Gasteiger partial charge in [0.25, 0.3) is 0 Å². The molecule has 1 aliphatic rings. The van der Waals surface area contributed by atoms with Crippen LogP contribution in [0.1, 0.15) is 24.0 Å². The van der Waals surface area contributed by atoms with Gasteiger partial charge >= 0.3 is 5.97 Å². The van der Waals surface area contributed by atoms with E-state index in [1.807, 2.05) is 24.3 Å². The minimum Gasteiger partial charge on any atom is -0.469 e. The van der Waals surface area contributed by atoms with Crippen molar-refractivity contribution in [3.05, 3.63) is 91.7 Å². The summed E-state index contributed by atoms with van der Waals surface area (Å²) in [5.74, 6) is -2.50. The van der Waals surface area contributed by atoms with Crippen LogP contribution in [0.4, 0.5) is 4.39 Å². The number of allylic oxidation sites excluding steroid dienone is 2. The van der Waals surface area contributed by atoms with Crippen molar-refractivity contribution in [2.45, 2.75) is 19.3 Å². The van der Waals surface area contributed by atoms with Crippen LogP contribution in [0.3, 0.4) is 0 Å². The first-order chi connectivity index (χ1) is 13.8. The molecule has 3 rings (SSSR count). The number of hydrogen-bond donors (Lipinski definition) is 0. The van der Waals surface area contributed by atoms with Crippen molar-refractivity contribution in [1.29, 1.82) is 0 Å². The Balaban J connectivity index is 2.16. The van der Waals surface area contributed by atoms with Crippen LogP contribution < -0.4 is 0 Å². The van der Waals surface area contributed by atoms with Crippen molar-refractivity contribution in [2.75, 3.05) is 7.11 Å². The zero-order valence-electron chi connectivity index (χ0n) is 15.7. The third-order valence-electron chi connectivity index (χ3n) is 4.84. The number of carbonyl (C=O) groups is 1. The molecule has 2 aromatic carbocycles. The van der Waals surface area contributed by atoms with Crippen LogP contribution in [0.25, 0.3) is 4.85 Å². The Bertz CT molecular complexity index is 1060. The molecule has 1 aliphatic heterocycles. The molecule has 0 aromatic heterocycles. The van der Waals surface area contributed by atoms with E-state index in [2.05, 4.69) is 25.8 Å². The van der Waals surface area contributed by atoms with Crippen LogP contribution in [0, 0.1) is 18.3 Å². The Morgan fingerprint density at radius 3 is 2.59 bits per heavy atom. The minimum absolute atomic E-state index is 0.155. The topological polar surface area (TPSA) is 43.0 Å². The smallest absolute Gasteiger partial charge is 0.314 e. The van der Waals surface area contributed by atoms with Gasteiger partial charge in [0.15, 0.2) is 5.70 Å². The van der Waals surface area contributed by atoms with Gasteiger partial charge in [0.05, 0.1) is 19.6 Å². The number of benzene rings is 2. The van der Waals surface area contributed by atoms with Gasteiger partial charge in [-0.1, -0.05) is 45.7 Å². The first-order valence-electron chi connectivity index (χ1n) is 8.78. The van der Waals surface area contributed by atoms with E-state index in [4.69, 9.17) is 22.9 Å². The van der Waals surface area contributed by atoms with E-state index in [1.54, 1.807) is 6.92 Å². The van der Waals surface area contributed by atoms with Crippen LogP contribution in [0.2, 0.25) is 5.02 Å². The predicted octanol–water partition coefficient (Wildman–Crippen LogP) is 5.96. The van der Waals surface area contributed by atoms with E-state index in [9.17, 15) is 9.18 Å². The Hall–Kier alpha value is -2.49. The number of halogens is 3.